The van der Waals surface area contributed by atoms with Crippen LogP contribution in [-0.2, 0) is 4.79 Å². The molecule has 1 unspecified atom stereocenters. The normalized spacial score (nSPS) is 24.7. The SMILES string of the molecule is Cc1nc(NC(=O)C2(C)CCCN2)sc1C. The van der Waals surface area contributed by atoms with Gasteiger partial charge < -0.3 is 10.6 Å². The maximum absolute atomic E-state index is 12.1. The van der Waals surface area contributed by atoms with E-state index >= 15 is 0 Å². The van der Waals surface area contributed by atoms with E-state index in [-0.39, 0.29) is 5.91 Å². The highest BCUT2D eigenvalue weighted by Gasteiger charge is 2.36. The van der Waals surface area contributed by atoms with Crippen molar-refractivity contribution >= 4 is 22.4 Å². The summed E-state index contributed by atoms with van der Waals surface area (Å²) >= 11 is 1.53. The van der Waals surface area contributed by atoms with Crippen molar-refractivity contribution < 1.29 is 4.79 Å². The first kappa shape index (κ1) is 11.5. The number of anilines is 1. The Balaban J connectivity index is 2.07. The van der Waals surface area contributed by atoms with Gasteiger partial charge >= 0.3 is 0 Å². The molecule has 1 fully saturated rings. The molecular formula is C11H17N3OS. The molecule has 1 atom stereocenters. The van der Waals surface area contributed by atoms with E-state index in [1.807, 2.05) is 20.8 Å². The van der Waals surface area contributed by atoms with Gasteiger partial charge in [0, 0.05) is 4.88 Å². The third-order valence-corrected chi connectivity index (χ3v) is 4.11. The lowest BCUT2D eigenvalue weighted by Gasteiger charge is -2.21. The number of hydrogen-bond donors (Lipinski definition) is 2. The van der Waals surface area contributed by atoms with E-state index in [2.05, 4.69) is 15.6 Å². The van der Waals surface area contributed by atoms with Crippen molar-refractivity contribution in [2.45, 2.75) is 39.2 Å². The largest absolute Gasteiger partial charge is 0.304 e. The smallest absolute Gasteiger partial charge is 0.246 e. The van der Waals surface area contributed by atoms with E-state index in [9.17, 15) is 4.79 Å². The van der Waals surface area contributed by atoms with Gasteiger partial charge in [0.15, 0.2) is 5.13 Å². The lowest BCUT2D eigenvalue weighted by atomic mass is 10.00. The summed E-state index contributed by atoms with van der Waals surface area (Å²) in [5, 5.41) is 6.83. The molecule has 1 aliphatic heterocycles. The molecule has 2 N–H and O–H groups in total. The van der Waals surface area contributed by atoms with Crippen molar-refractivity contribution in [2.24, 2.45) is 0 Å². The zero-order valence-electron chi connectivity index (χ0n) is 9.89. The highest BCUT2D eigenvalue weighted by molar-refractivity contribution is 7.15. The lowest BCUT2D eigenvalue weighted by Crippen LogP contribution is -2.47. The second kappa shape index (κ2) is 4.14. The first-order chi connectivity index (χ1) is 7.51. The number of carbonyl (C=O) groups excluding carboxylic acids is 1. The van der Waals surface area contributed by atoms with Gasteiger partial charge in [0.05, 0.1) is 11.2 Å². The predicted octanol–water partition coefficient (Wildman–Crippen LogP) is 1.84. The second-order valence-corrected chi connectivity index (χ2v) is 5.68. The average molecular weight is 239 g/mol. The minimum atomic E-state index is -0.423. The Hall–Kier alpha value is -0.940. The van der Waals surface area contributed by atoms with Crippen LogP contribution in [0.2, 0.25) is 0 Å². The second-order valence-electron chi connectivity index (χ2n) is 4.48. The van der Waals surface area contributed by atoms with Crippen molar-refractivity contribution in [2.75, 3.05) is 11.9 Å². The maximum Gasteiger partial charge on any atom is 0.246 e. The number of amides is 1. The molecule has 88 valence electrons. The van der Waals surface area contributed by atoms with Gasteiger partial charge in [-0.15, -0.1) is 11.3 Å². The molecule has 0 aromatic carbocycles. The lowest BCUT2D eigenvalue weighted by molar-refractivity contribution is -0.121. The van der Waals surface area contributed by atoms with Crippen LogP contribution in [0, 0.1) is 13.8 Å². The van der Waals surface area contributed by atoms with Crippen LogP contribution in [-0.4, -0.2) is 23.0 Å². The summed E-state index contributed by atoms with van der Waals surface area (Å²) < 4.78 is 0. The minimum Gasteiger partial charge on any atom is -0.304 e. The molecule has 1 saturated heterocycles. The Morgan fingerprint density at radius 3 is 2.81 bits per heavy atom. The summed E-state index contributed by atoms with van der Waals surface area (Å²) in [7, 11) is 0. The van der Waals surface area contributed by atoms with Crippen LogP contribution in [0.5, 0.6) is 0 Å². The predicted molar refractivity (Wildman–Crippen MR) is 65.9 cm³/mol. The van der Waals surface area contributed by atoms with Gasteiger partial charge in [-0.1, -0.05) is 0 Å². The summed E-state index contributed by atoms with van der Waals surface area (Å²) in [6, 6.07) is 0. The van der Waals surface area contributed by atoms with Gasteiger partial charge in [-0.25, -0.2) is 4.98 Å². The number of rotatable bonds is 2. The van der Waals surface area contributed by atoms with Crippen LogP contribution in [0.15, 0.2) is 0 Å². The molecule has 1 aliphatic rings. The van der Waals surface area contributed by atoms with Crippen LogP contribution < -0.4 is 10.6 Å². The maximum atomic E-state index is 12.1. The van der Waals surface area contributed by atoms with Gasteiger partial charge in [0.1, 0.15) is 0 Å². The summed E-state index contributed by atoms with van der Waals surface area (Å²) in [4.78, 5) is 17.5. The highest BCUT2D eigenvalue weighted by atomic mass is 32.1. The molecule has 1 amide bonds. The highest BCUT2D eigenvalue weighted by Crippen LogP contribution is 2.24. The molecule has 0 spiro atoms. The molecule has 1 aromatic rings. The quantitative estimate of drug-likeness (QED) is 0.828. The monoisotopic (exact) mass is 239 g/mol. The molecule has 2 heterocycles. The van der Waals surface area contributed by atoms with Gasteiger partial charge in [0.2, 0.25) is 5.91 Å². The van der Waals surface area contributed by atoms with Crippen molar-refractivity contribution in [1.82, 2.24) is 10.3 Å². The number of carbonyl (C=O) groups is 1. The van der Waals surface area contributed by atoms with E-state index in [0.717, 1.165) is 30.0 Å². The van der Waals surface area contributed by atoms with Gasteiger partial charge in [0.25, 0.3) is 0 Å². The first-order valence-electron chi connectivity index (χ1n) is 5.52. The van der Waals surface area contributed by atoms with Crippen molar-refractivity contribution in [3.05, 3.63) is 10.6 Å². The number of nitrogens with zero attached hydrogens (tertiary/aromatic N) is 1. The average Bonchev–Trinajstić information content (AvgIpc) is 2.76. The topological polar surface area (TPSA) is 54.0 Å². The number of nitrogens with one attached hydrogen (secondary N) is 2. The van der Waals surface area contributed by atoms with Crippen LogP contribution in [0.1, 0.15) is 30.3 Å². The zero-order chi connectivity index (χ0) is 11.8. The Labute approximate surface area is 99.5 Å². The van der Waals surface area contributed by atoms with E-state index < -0.39 is 5.54 Å². The third-order valence-electron chi connectivity index (χ3n) is 3.12. The van der Waals surface area contributed by atoms with E-state index in [1.165, 1.54) is 11.3 Å². The Kier molecular flexibility index (Phi) is 2.99. The third kappa shape index (κ3) is 2.10. The van der Waals surface area contributed by atoms with Gasteiger partial charge in [-0.05, 0) is 40.2 Å². The van der Waals surface area contributed by atoms with Crippen molar-refractivity contribution in [3.8, 4) is 0 Å². The molecule has 0 aliphatic carbocycles. The molecule has 4 nitrogen and oxygen atoms in total. The molecule has 0 bridgehead atoms. The van der Waals surface area contributed by atoms with Crippen LogP contribution in [0.25, 0.3) is 0 Å². The molecular weight excluding hydrogens is 222 g/mol. The van der Waals surface area contributed by atoms with Gasteiger partial charge in [-0.2, -0.15) is 0 Å². The first-order valence-corrected chi connectivity index (χ1v) is 6.33. The van der Waals surface area contributed by atoms with Crippen molar-refractivity contribution in [1.29, 1.82) is 0 Å². The Bertz CT molecular complexity index is 388. The van der Waals surface area contributed by atoms with E-state index in [1.54, 1.807) is 0 Å². The fourth-order valence-electron chi connectivity index (χ4n) is 1.85. The zero-order valence-corrected chi connectivity index (χ0v) is 10.7. The van der Waals surface area contributed by atoms with Crippen LogP contribution in [0.4, 0.5) is 5.13 Å². The summed E-state index contributed by atoms with van der Waals surface area (Å²) in [5.74, 6) is 0.0266. The fraction of sp³-hybridized carbons (Fsp3) is 0.636. The van der Waals surface area contributed by atoms with Gasteiger partial charge in [-0.3, -0.25) is 4.79 Å². The van der Waals surface area contributed by atoms with Crippen LogP contribution in [0.3, 0.4) is 0 Å². The molecule has 5 heteroatoms. The van der Waals surface area contributed by atoms with E-state index in [0.29, 0.717) is 5.13 Å². The molecule has 0 saturated carbocycles. The summed E-state index contributed by atoms with van der Waals surface area (Å²) in [6.45, 7) is 6.83. The minimum absolute atomic E-state index is 0.0266. The number of hydrogen-bond acceptors (Lipinski definition) is 4. The summed E-state index contributed by atoms with van der Waals surface area (Å²) in [5.41, 5.74) is 0.567. The van der Waals surface area contributed by atoms with Crippen LogP contribution >= 0.6 is 11.3 Å². The molecule has 2 rings (SSSR count). The Morgan fingerprint density at radius 2 is 2.31 bits per heavy atom. The van der Waals surface area contributed by atoms with Crippen molar-refractivity contribution in [3.63, 3.8) is 0 Å². The molecule has 0 radical (unpaired) electrons. The Morgan fingerprint density at radius 1 is 1.56 bits per heavy atom. The number of thiazole rings is 1. The fourth-order valence-corrected chi connectivity index (χ4v) is 2.66. The number of aromatic nitrogens is 1. The standard InChI is InChI=1S/C11H17N3OS/c1-7-8(2)16-10(13-7)14-9(15)11(3)5-4-6-12-11/h12H,4-6H2,1-3H3,(H,13,14,15). The molecule has 1 aromatic heterocycles. The summed E-state index contributed by atoms with van der Waals surface area (Å²) in [6.07, 6.45) is 1.95. The number of aryl methyl sites for hydroxylation is 2. The van der Waals surface area contributed by atoms with E-state index in [4.69, 9.17) is 0 Å². The molecule has 16 heavy (non-hydrogen) atoms.